The highest BCUT2D eigenvalue weighted by atomic mass is 32.2. The molecule has 8 nitrogen and oxygen atoms in total. The zero-order chi connectivity index (χ0) is 23.4. The lowest BCUT2D eigenvalue weighted by molar-refractivity contribution is 0.174. The fraction of sp³-hybridized carbons (Fsp3) is 0.200. The van der Waals surface area contributed by atoms with E-state index in [0.717, 1.165) is 16.7 Å². The molecule has 0 atom stereocenters. The maximum Gasteiger partial charge on any atom is 0.267 e. The van der Waals surface area contributed by atoms with E-state index in [4.69, 9.17) is 19.4 Å². The third-order valence-corrected chi connectivity index (χ3v) is 7.96. The molecule has 2 aliphatic rings. The van der Waals surface area contributed by atoms with Crippen molar-refractivity contribution in [3.63, 3.8) is 0 Å². The van der Waals surface area contributed by atoms with E-state index in [1.54, 1.807) is 12.1 Å². The molecule has 0 aliphatic carbocycles. The van der Waals surface area contributed by atoms with E-state index in [-0.39, 0.29) is 18.4 Å². The van der Waals surface area contributed by atoms with Crippen molar-refractivity contribution < 1.29 is 17.9 Å². The second kappa shape index (κ2) is 7.59. The van der Waals surface area contributed by atoms with E-state index in [9.17, 15) is 8.42 Å². The van der Waals surface area contributed by atoms with E-state index in [0.29, 0.717) is 40.7 Å². The monoisotopic (exact) mass is 474 g/mol. The molecule has 9 heteroatoms. The average Bonchev–Trinajstić information content (AvgIpc) is 3.44. The Hall–Kier alpha value is -3.85. The second-order valence-electron chi connectivity index (χ2n) is 8.49. The number of benzene rings is 3. The highest BCUT2D eigenvalue weighted by Gasteiger charge is 2.38. The molecule has 172 valence electrons. The van der Waals surface area contributed by atoms with Gasteiger partial charge in [-0.15, -0.1) is 0 Å². The molecule has 0 radical (unpaired) electrons. The number of fused-ring (bicyclic) bond motifs is 3. The molecule has 0 bridgehead atoms. The fourth-order valence-electron chi connectivity index (χ4n) is 4.23. The van der Waals surface area contributed by atoms with E-state index >= 15 is 0 Å². The summed E-state index contributed by atoms with van der Waals surface area (Å²) in [6.45, 7) is 4.61. The zero-order valence-electron chi connectivity index (χ0n) is 18.7. The Morgan fingerprint density at radius 2 is 1.59 bits per heavy atom. The van der Waals surface area contributed by atoms with Gasteiger partial charge in [0.25, 0.3) is 10.0 Å². The van der Waals surface area contributed by atoms with Gasteiger partial charge in [-0.05, 0) is 66.9 Å². The highest BCUT2D eigenvalue weighted by molar-refractivity contribution is 7.92. The van der Waals surface area contributed by atoms with Gasteiger partial charge in [0.2, 0.25) is 6.79 Å². The van der Waals surface area contributed by atoms with Crippen LogP contribution in [-0.2, 0) is 16.6 Å². The van der Waals surface area contributed by atoms with Crippen LogP contribution in [0.4, 0.5) is 11.6 Å². The van der Waals surface area contributed by atoms with E-state index in [1.165, 1.54) is 4.31 Å². The molecule has 0 saturated carbocycles. The summed E-state index contributed by atoms with van der Waals surface area (Å²) in [5.41, 5.74) is 4.27. The summed E-state index contributed by atoms with van der Waals surface area (Å²) in [6, 6.07) is 18.4. The number of aromatic nitrogens is 2. The number of para-hydroxylation sites is 2. The first-order valence-corrected chi connectivity index (χ1v) is 12.3. The second-order valence-corrected chi connectivity index (χ2v) is 10.3. The Morgan fingerprint density at radius 3 is 2.35 bits per heavy atom. The number of sulfonamides is 1. The van der Waals surface area contributed by atoms with Crippen molar-refractivity contribution in [3.05, 3.63) is 77.4 Å². The van der Waals surface area contributed by atoms with Gasteiger partial charge in [0.1, 0.15) is 6.67 Å². The van der Waals surface area contributed by atoms with Crippen LogP contribution < -0.4 is 18.7 Å². The first-order chi connectivity index (χ1) is 16.4. The lowest BCUT2D eigenvalue weighted by Gasteiger charge is -2.21. The minimum absolute atomic E-state index is 0.107. The van der Waals surface area contributed by atoms with Crippen molar-refractivity contribution in [2.24, 2.45) is 0 Å². The number of hydrogen-bond acceptors (Lipinski definition) is 7. The summed E-state index contributed by atoms with van der Waals surface area (Å²) in [5.74, 6) is 2.25. The maximum atomic E-state index is 13.7. The SMILES string of the molecule is Cc1ccc(S(=O)(=O)N2CN(Cc3ccc4c(c3)OCO4)c3nc4ccccc4nc32)cc1C. The molecule has 0 unspecified atom stereocenters. The number of aryl methyl sites for hydroxylation is 2. The number of anilines is 2. The van der Waals surface area contributed by atoms with E-state index in [1.807, 2.05) is 67.3 Å². The normalized spacial score (nSPS) is 14.6. The Labute approximate surface area is 197 Å². The molecule has 34 heavy (non-hydrogen) atoms. The molecule has 4 aromatic rings. The van der Waals surface area contributed by atoms with Crippen LogP contribution >= 0.6 is 0 Å². The fourth-order valence-corrected chi connectivity index (χ4v) is 5.69. The van der Waals surface area contributed by atoms with Gasteiger partial charge in [-0.2, -0.15) is 0 Å². The lowest BCUT2D eigenvalue weighted by atomic mass is 10.1. The van der Waals surface area contributed by atoms with Gasteiger partial charge in [0, 0.05) is 6.54 Å². The molecular formula is C25H22N4O4S. The summed E-state index contributed by atoms with van der Waals surface area (Å²) in [5, 5.41) is 0. The summed E-state index contributed by atoms with van der Waals surface area (Å²) in [4.78, 5) is 11.7. The minimum atomic E-state index is -3.85. The Balaban J connectivity index is 1.44. The summed E-state index contributed by atoms with van der Waals surface area (Å²) in [7, 11) is -3.85. The number of hydrogen-bond donors (Lipinski definition) is 0. The Morgan fingerprint density at radius 1 is 0.853 bits per heavy atom. The lowest BCUT2D eigenvalue weighted by Crippen LogP contribution is -2.35. The summed E-state index contributed by atoms with van der Waals surface area (Å²) < 4.78 is 39.8. The van der Waals surface area contributed by atoms with Gasteiger partial charge in [-0.1, -0.05) is 24.3 Å². The van der Waals surface area contributed by atoms with Gasteiger partial charge in [-0.3, -0.25) is 0 Å². The van der Waals surface area contributed by atoms with Crippen LogP contribution in [0.3, 0.4) is 0 Å². The van der Waals surface area contributed by atoms with Crippen LogP contribution in [0.25, 0.3) is 11.0 Å². The summed E-state index contributed by atoms with van der Waals surface area (Å²) in [6.07, 6.45) is 0. The molecule has 0 fully saturated rings. The zero-order valence-corrected chi connectivity index (χ0v) is 19.5. The molecule has 0 saturated heterocycles. The van der Waals surface area contributed by atoms with Crippen molar-refractivity contribution in [2.45, 2.75) is 25.3 Å². The van der Waals surface area contributed by atoms with Gasteiger partial charge < -0.3 is 14.4 Å². The summed E-state index contributed by atoms with van der Waals surface area (Å²) >= 11 is 0. The predicted octanol–water partition coefficient (Wildman–Crippen LogP) is 4.15. The van der Waals surface area contributed by atoms with E-state index < -0.39 is 10.0 Å². The minimum Gasteiger partial charge on any atom is -0.454 e. The smallest absolute Gasteiger partial charge is 0.267 e. The average molecular weight is 475 g/mol. The van der Waals surface area contributed by atoms with Gasteiger partial charge in [-0.25, -0.2) is 22.7 Å². The van der Waals surface area contributed by atoms with Crippen LogP contribution in [0.2, 0.25) is 0 Å². The molecule has 6 rings (SSSR count). The van der Waals surface area contributed by atoms with Crippen LogP contribution in [-0.4, -0.2) is 31.8 Å². The Bertz CT molecular complexity index is 1550. The number of nitrogens with zero attached hydrogens (tertiary/aromatic N) is 4. The van der Waals surface area contributed by atoms with Gasteiger partial charge in [0.15, 0.2) is 23.1 Å². The third kappa shape index (κ3) is 3.31. The maximum absolute atomic E-state index is 13.7. The van der Waals surface area contributed by atoms with Gasteiger partial charge >= 0.3 is 0 Å². The molecule has 0 N–H and O–H groups in total. The first-order valence-electron chi connectivity index (χ1n) is 10.9. The Kier molecular flexibility index (Phi) is 4.63. The van der Waals surface area contributed by atoms with E-state index in [2.05, 4.69) is 0 Å². The van der Waals surface area contributed by atoms with Crippen molar-refractivity contribution in [1.82, 2.24) is 9.97 Å². The molecule has 0 spiro atoms. The molecule has 2 aliphatic heterocycles. The highest BCUT2D eigenvalue weighted by Crippen LogP contribution is 2.39. The van der Waals surface area contributed by atoms with Crippen molar-refractivity contribution in [3.8, 4) is 11.5 Å². The molecule has 3 heterocycles. The van der Waals surface area contributed by atoms with Gasteiger partial charge in [0.05, 0.1) is 15.9 Å². The first kappa shape index (κ1) is 20.7. The largest absolute Gasteiger partial charge is 0.454 e. The molecule has 3 aromatic carbocycles. The van der Waals surface area contributed by atoms with Crippen molar-refractivity contribution in [2.75, 3.05) is 22.7 Å². The van der Waals surface area contributed by atoms with Crippen LogP contribution in [0.1, 0.15) is 16.7 Å². The third-order valence-electron chi connectivity index (χ3n) is 6.25. The molecule has 1 aromatic heterocycles. The number of rotatable bonds is 4. The number of ether oxygens (including phenoxy) is 2. The van der Waals surface area contributed by atoms with Crippen molar-refractivity contribution in [1.29, 1.82) is 0 Å². The predicted molar refractivity (Wildman–Crippen MR) is 129 cm³/mol. The molecule has 0 amide bonds. The topological polar surface area (TPSA) is 84.9 Å². The quantitative estimate of drug-likeness (QED) is 0.439. The van der Waals surface area contributed by atoms with Crippen LogP contribution in [0, 0.1) is 13.8 Å². The van der Waals surface area contributed by atoms with Crippen molar-refractivity contribution >= 4 is 32.7 Å². The van der Waals surface area contributed by atoms with Crippen LogP contribution in [0.15, 0.2) is 65.6 Å². The standard InChI is InChI=1S/C25H22N4O4S/c1-16-7-9-19(11-17(16)2)34(30,31)29-14-28(13-18-8-10-22-23(12-18)33-15-32-22)24-25(29)27-21-6-4-3-5-20(21)26-24/h3-12H,13-15H2,1-2H3. The van der Waals surface area contributed by atoms with Crippen LogP contribution in [0.5, 0.6) is 11.5 Å². The molecular weight excluding hydrogens is 452 g/mol.